The van der Waals surface area contributed by atoms with Gasteiger partial charge in [0.15, 0.2) is 0 Å². The molecule has 3 aromatic carbocycles. The second-order valence-electron chi connectivity index (χ2n) is 7.83. The summed E-state index contributed by atoms with van der Waals surface area (Å²) in [4.78, 5) is 37.1. The molecule has 0 atom stereocenters. The predicted molar refractivity (Wildman–Crippen MR) is 136 cm³/mol. The predicted octanol–water partition coefficient (Wildman–Crippen LogP) is 3.41. The molecule has 1 amide bonds. The summed E-state index contributed by atoms with van der Waals surface area (Å²) in [5.41, 5.74) is 1.01. The standard InChI is InChI=1S/C26H26N2O8S/c1-17-10-11-22(34-2)23(12-17)37(32,33)28(21-8-6-5-7-9-21)16-24(29)27-20-14-18(25(30)35-3)13-19(15-20)26(31)36-4/h5-15H,16H2,1-4H3,(H,27,29). The van der Waals surface area contributed by atoms with E-state index in [1.807, 2.05) is 0 Å². The van der Waals surface area contributed by atoms with Crippen molar-refractivity contribution in [1.82, 2.24) is 0 Å². The quantitative estimate of drug-likeness (QED) is 0.420. The first-order chi connectivity index (χ1) is 17.6. The zero-order chi connectivity index (χ0) is 27.2. The lowest BCUT2D eigenvalue weighted by Crippen LogP contribution is -2.38. The van der Waals surface area contributed by atoms with Crippen LogP contribution in [0.5, 0.6) is 5.75 Å². The van der Waals surface area contributed by atoms with Gasteiger partial charge < -0.3 is 19.5 Å². The number of carbonyl (C=O) groups excluding carboxylic acids is 3. The molecule has 0 fully saturated rings. The minimum atomic E-state index is -4.26. The van der Waals surface area contributed by atoms with Crippen LogP contribution in [0, 0.1) is 6.92 Å². The number of benzene rings is 3. The van der Waals surface area contributed by atoms with Crippen LogP contribution < -0.4 is 14.4 Å². The Hall–Kier alpha value is -4.38. The molecule has 3 aromatic rings. The van der Waals surface area contributed by atoms with E-state index < -0.39 is 34.4 Å². The normalized spacial score (nSPS) is 10.8. The van der Waals surface area contributed by atoms with Crippen molar-refractivity contribution in [3.63, 3.8) is 0 Å². The van der Waals surface area contributed by atoms with Crippen molar-refractivity contribution >= 4 is 39.2 Å². The number of hydrogen-bond acceptors (Lipinski definition) is 8. The molecule has 10 nitrogen and oxygen atoms in total. The van der Waals surface area contributed by atoms with Crippen molar-refractivity contribution in [2.45, 2.75) is 11.8 Å². The van der Waals surface area contributed by atoms with Gasteiger partial charge in [0.1, 0.15) is 17.2 Å². The van der Waals surface area contributed by atoms with Gasteiger partial charge in [-0.05, 0) is 55.0 Å². The summed E-state index contributed by atoms with van der Waals surface area (Å²) in [6.07, 6.45) is 0. The summed E-state index contributed by atoms with van der Waals surface area (Å²) in [7, 11) is -0.553. The lowest BCUT2D eigenvalue weighted by Gasteiger charge is -2.25. The number of aryl methyl sites for hydroxylation is 1. The molecule has 0 spiro atoms. The lowest BCUT2D eigenvalue weighted by molar-refractivity contribution is -0.114. The van der Waals surface area contributed by atoms with Crippen molar-refractivity contribution in [2.75, 3.05) is 37.5 Å². The van der Waals surface area contributed by atoms with Crippen LogP contribution >= 0.6 is 0 Å². The van der Waals surface area contributed by atoms with Crippen molar-refractivity contribution in [2.24, 2.45) is 0 Å². The summed E-state index contributed by atoms with van der Waals surface area (Å²) in [5.74, 6) is -2.07. The number of methoxy groups -OCH3 is 3. The highest BCUT2D eigenvalue weighted by molar-refractivity contribution is 7.93. The van der Waals surface area contributed by atoms with Gasteiger partial charge in [-0.25, -0.2) is 18.0 Å². The van der Waals surface area contributed by atoms with Gasteiger partial charge in [-0.2, -0.15) is 0 Å². The Kier molecular flexibility index (Phi) is 8.51. The third kappa shape index (κ3) is 6.25. The average Bonchev–Trinajstić information content (AvgIpc) is 2.90. The van der Waals surface area contributed by atoms with E-state index in [2.05, 4.69) is 5.32 Å². The number of ether oxygens (including phenoxy) is 3. The molecule has 37 heavy (non-hydrogen) atoms. The van der Waals surface area contributed by atoms with E-state index in [9.17, 15) is 22.8 Å². The monoisotopic (exact) mass is 526 g/mol. The molecule has 3 rings (SSSR count). The van der Waals surface area contributed by atoms with Crippen LogP contribution in [0.25, 0.3) is 0 Å². The van der Waals surface area contributed by atoms with E-state index in [0.717, 1.165) is 4.31 Å². The second kappa shape index (κ2) is 11.6. The Morgan fingerprint density at radius 3 is 1.97 bits per heavy atom. The molecule has 0 aliphatic rings. The van der Waals surface area contributed by atoms with E-state index in [1.54, 1.807) is 43.3 Å². The van der Waals surface area contributed by atoms with Crippen LogP contribution in [0.4, 0.5) is 11.4 Å². The molecule has 0 bridgehead atoms. The van der Waals surface area contributed by atoms with Crippen LogP contribution in [0.15, 0.2) is 71.6 Å². The summed E-state index contributed by atoms with van der Waals surface area (Å²) >= 11 is 0. The number of nitrogens with zero attached hydrogens (tertiary/aromatic N) is 1. The largest absolute Gasteiger partial charge is 0.495 e. The van der Waals surface area contributed by atoms with Crippen LogP contribution in [0.3, 0.4) is 0 Å². The Bertz CT molecular complexity index is 1390. The lowest BCUT2D eigenvalue weighted by atomic mass is 10.1. The summed E-state index contributed by atoms with van der Waals surface area (Å²) in [6.45, 7) is 1.13. The van der Waals surface area contributed by atoms with Gasteiger partial charge in [-0.1, -0.05) is 24.3 Å². The summed E-state index contributed by atoms with van der Waals surface area (Å²) < 4.78 is 43.2. The number of amides is 1. The molecule has 1 N–H and O–H groups in total. The smallest absolute Gasteiger partial charge is 0.337 e. The Morgan fingerprint density at radius 2 is 1.43 bits per heavy atom. The number of carbonyl (C=O) groups is 3. The van der Waals surface area contributed by atoms with Gasteiger partial charge in [0.25, 0.3) is 10.0 Å². The van der Waals surface area contributed by atoms with Crippen molar-refractivity contribution in [1.29, 1.82) is 0 Å². The molecule has 0 aliphatic heterocycles. The molecular formula is C26H26N2O8S. The van der Waals surface area contributed by atoms with Crippen molar-refractivity contribution < 1.29 is 37.0 Å². The van der Waals surface area contributed by atoms with Crippen molar-refractivity contribution in [3.8, 4) is 5.75 Å². The molecular weight excluding hydrogens is 500 g/mol. The minimum Gasteiger partial charge on any atom is -0.495 e. The highest BCUT2D eigenvalue weighted by Crippen LogP contribution is 2.31. The average molecular weight is 527 g/mol. The van der Waals surface area contributed by atoms with Gasteiger partial charge in [0, 0.05) is 5.69 Å². The van der Waals surface area contributed by atoms with Crippen LogP contribution in [-0.4, -0.2) is 54.1 Å². The molecule has 194 valence electrons. The number of hydrogen-bond donors (Lipinski definition) is 1. The number of anilines is 2. The topological polar surface area (TPSA) is 128 Å². The van der Waals surface area contributed by atoms with Crippen molar-refractivity contribution in [3.05, 3.63) is 83.4 Å². The second-order valence-corrected chi connectivity index (χ2v) is 9.66. The zero-order valence-corrected chi connectivity index (χ0v) is 21.5. The Morgan fingerprint density at radius 1 is 0.838 bits per heavy atom. The molecule has 0 aliphatic carbocycles. The third-order valence-electron chi connectivity index (χ3n) is 5.28. The number of rotatable bonds is 9. The number of sulfonamides is 1. The molecule has 11 heteroatoms. The zero-order valence-electron chi connectivity index (χ0n) is 20.7. The van der Waals surface area contributed by atoms with E-state index in [4.69, 9.17) is 14.2 Å². The maximum absolute atomic E-state index is 13.8. The van der Waals surface area contributed by atoms with E-state index in [1.165, 1.54) is 51.7 Å². The van der Waals surface area contributed by atoms with Crippen LogP contribution in [-0.2, 0) is 24.3 Å². The maximum atomic E-state index is 13.8. The van der Waals surface area contributed by atoms with Crippen LogP contribution in [0.2, 0.25) is 0 Å². The molecule has 0 radical (unpaired) electrons. The van der Waals surface area contributed by atoms with Gasteiger partial charge in [-0.15, -0.1) is 0 Å². The number of nitrogens with one attached hydrogen (secondary N) is 1. The Labute approximate surface area is 214 Å². The number of para-hydroxylation sites is 1. The first-order valence-electron chi connectivity index (χ1n) is 10.9. The summed E-state index contributed by atoms with van der Waals surface area (Å²) in [6, 6.07) is 16.7. The number of esters is 2. The minimum absolute atomic E-state index is 0.00210. The third-order valence-corrected chi connectivity index (χ3v) is 7.07. The van der Waals surface area contributed by atoms with Gasteiger partial charge in [0.05, 0.1) is 38.1 Å². The SMILES string of the molecule is COC(=O)c1cc(NC(=O)CN(c2ccccc2)S(=O)(=O)c2cc(C)ccc2OC)cc(C(=O)OC)c1. The molecule has 0 saturated heterocycles. The highest BCUT2D eigenvalue weighted by Gasteiger charge is 2.30. The molecule has 0 heterocycles. The summed E-state index contributed by atoms with van der Waals surface area (Å²) in [5, 5.41) is 2.55. The Balaban J connectivity index is 2.01. The fraction of sp³-hybridized carbons (Fsp3) is 0.192. The van der Waals surface area contributed by atoms with Gasteiger partial charge in [-0.3, -0.25) is 9.10 Å². The van der Waals surface area contributed by atoms with E-state index >= 15 is 0 Å². The first-order valence-corrected chi connectivity index (χ1v) is 12.4. The first kappa shape index (κ1) is 27.2. The van der Waals surface area contributed by atoms with Crippen LogP contribution in [0.1, 0.15) is 26.3 Å². The van der Waals surface area contributed by atoms with Gasteiger partial charge >= 0.3 is 11.9 Å². The highest BCUT2D eigenvalue weighted by atomic mass is 32.2. The molecule has 0 aromatic heterocycles. The van der Waals surface area contributed by atoms with Gasteiger partial charge in [0.2, 0.25) is 5.91 Å². The van der Waals surface area contributed by atoms with E-state index in [0.29, 0.717) is 5.56 Å². The fourth-order valence-corrected chi connectivity index (χ4v) is 5.18. The molecule has 0 unspecified atom stereocenters. The van der Waals surface area contributed by atoms with E-state index in [-0.39, 0.29) is 33.1 Å². The molecule has 0 saturated carbocycles. The maximum Gasteiger partial charge on any atom is 0.337 e. The fourth-order valence-electron chi connectivity index (χ4n) is 3.52.